The van der Waals surface area contributed by atoms with Gasteiger partial charge >= 0.3 is 11.2 Å². The first kappa shape index (κ1) is 28.5. The largest absolute Gasteiger partial charge is 0.417 e. The maximum atomic E-state index is 12.1. The van der Waals surface area contributed by atoms with Crippen molar-refractivity contribution in [3.8, 4) is 0 Å². The van der Waals surface area contributed by atoms with Gasteiger partial charge in [-0.05, 0) is 48.6 Å². The summed E-state index contributed by atoms with van der Waals surface area (Å²) < 4.78 is 13.0. The van der Waals surface area contributed by atoms with Gasteiger partial charge in [-0.2, -0.15) is 4.98 Å². The van der Waals surface area contributed by atoms with E-state index in [1.807, 2.05) is 0 Å². The van der Waals surface area contributed by atoms with Crippen molar-refractivity contribution in [3.63, 3.8) is 0 Å². The first-order chi connectivity index (χ1) is 15.3. The lowest BCUT2D eigenvalue weighted by molar-refractivity contribution is -0.385. The van der Waals surface area contributed by atoms with Gasteiger partial charge in [0.05, 0.1) is 4.92 Å². The zero-order valence-corrected chi connectivity index (χ0v) is 24.4. The van der Waals surface area contributed by atoms with Gasteiger partial charge in [0.25, 0.3) is 0 Å². The highest BCUT2D eigenvalue weighted by atomic mass is 28.4. The lowest BCUT2D eigenvalue weighted by Crippen LogP contribution is -2.54. The molecule has 0 aliphatic heterocycles. The van der Waals surface area contributed by atoms with Crippen molar-refractivity contribution in [1.82, 2.24) is 9.97 Å². The predicted molar refractivity (Wildman–Crippen MR) is 141 cm³/mol. The monoisotopic (exact) mass is 513 g/mol. The Kier molecular flexibility index (Phi) is 8.13. The van der Waals surface area contributed by atoms with Gasteiger partial charge in [-0.15, -0.1) is 0 Å². The molecule has 1 fully saturated rings. The Morgan fingerprint density at radius 3 is 2.06 bits per heavy atom. The summed E-state index contributed by atoms with van der Waals surface area (Å²) in [5.74, 6) is 0.0530. The fraction of sp³-hybridized carbons (Fsp3) is 0.818. The second kappa shape index (κ2) is 9.71. The van der Waals surface area contributed by atoms with Crippen molar-refractivity contribution in [2.24, 2.45) is 11.8 Å². The Bertz CT molecular complexity index is 952. The number of aromatic amines is 1. The van der Waals surface area contributed by atoms with Crippen molar-refractivity contribution < 1.29 is 13.8 Å². The number of nitrogens with one attached hydrogen (secondary N) is 2. The summed E-state index contributed by atoms with van der Waals surface area (Å²) in [7, 11) is -3.92. The van der Waals surface area contributed by atoms with Crippen LogP contribution in [0.4, 0.5) is 17.5 Å². The second-order valence-corrected chi connectivity index (χ2v) is 22.1. The summed E-state index contributed by atoms with van der Waals surface area (Å²) in [5.41, 5.74) is 4.17. The average Bonchev–Trinajstić information content (AvgIpc) is 2.60. The third-order valence-corrected chi connectivity index (χ3v) is 17.0. The van der Waals surface area contributed by atoms with E-state index in [0.29, 0.717) is 13.2 Å². The molecule has 0 aromatic carbocycles. The van der Waals surface area contributed by atoms with Gasteiger partial charge in [0.15, 0.2) is 16.6 Å². The molecule has 12 heteroatoms. The number of nitrogens with zero attached hydrogens (tertiary/aromatic N) is 2. The zero-order valence-electron chi connectivity index (χ0n) is 22.4. The highest BCUT2D eigenvalue weighted by Crippen LogP contribution is 2.43. The third kappa shape index (κ3) is 6.26. The molecule has 10 nitrogen and oxygen atoms in total. The molecule has 34 heavy (non-hydrogen) atoms. The van der Waals surface area contributed by atoms with Gasteiger partial charge in [-0.25, -0.2) is 0 Å². The first-order valence-electron chi connectivity index (χ1n) is 11.9. The first-order valence-corrected chi connectivity index (χ1v) is 17.7. The highest BCUT2D eigenvalue weighted by Gasteiger charge is 2.47. The van der Waals surface area contributed by atoms with Gasteiger partial charge in [-0.3, -0.25) is 19.9 Å². The van der Waals surface area contributed by atoms with Crippen LogP contribution in [0.1, 0.15) is 48.0 Å². The van der Waals surface area contributed by atoms with Crippen LogP contribution >= 0.6 is 0 Å². The van der Waals surface area contributed by atoms with Crippen LogP contribution in [0.5, 0.6) is 0 Å². The van der Waals surface area contributed by atoms with E-state index in [2.05, 4.69) is 83.0 Å². The highest BCUT2D eigenvalue weighted by molar-refractivity contribution is 6.74. The molecule has 0 radical (unpaired) electrons. The average molecular weight is 514 g/mol. The number of nitrogens with two attached hydrogens (primary N) is 1. The number of H-pyrrole nitrogens is 1. The molecule has 0 unspecified atom stereocenters. The molecule has 1 aromatic heterocycles. The Morgan fingerprint density at radius 1 is 1.09 bits per heavy atom. The van der Waals surface area contributed by atoms with E-state index in [1.54, 1.807) is 0 Å². The fourth-order valence-corrected chi connectivity index (χ4v) is 5.51. The van der Waals surface area contributed by atoms with E-state index in [-0.39, 0.29) is 39.7 Å². The lowest BCUT2D eigenvalue weighted by Gasteiger charge is -2.48. The SMILES string of the molecule is CC(C)(C)[Si](C)(C)OC[C@H]1C[C@@H](Nc2nc(N)[nH]c(=O)c2[N+](=O)[O-])[C@@H]1CO[Si](C)(C)C(C)(C)C. The maximum absolute atomic E-state index is 12.1. The van der Waals surface area contributed by atoms with Gasteiger partial charge < -0.3 is 19.9 Å². The van der Waals surface area contributed by atoms with Gasteiger partial charge in [0.1, 0.15) is 0 Å². The molecular weight excluding hydrogens is 470 g/mol. The van der Waals surface area contributed by atoms with Gasteiger partial charge in [0, 0.05) is 25.2 Å². The quantitative estimate of drug-likeness (QED) is 0.244. The van der Waals surface area contributed by atoms with E-state index >= 15 is 0 Å². The van der Waals surface area contributed by atoms with Crippen LogP contribution in [0, 0.1) is 22.0 Å². The lowest BCUT2D eigenvalue weighted by atomic mass is 9.70. The standard InChI is InChI=1S/C22H43N5O5Si2/c1-21(2,3)33(7,8)31-12-14-11-16(15(14)13-32-34(9,10)22(4,5)6)24-18-17(27(29)30)19(28)26-20(23)25-18/h14-16H,11-13H2,1-10H3,(H4,23,24,25,26,28)/t14-,15-,16-/m1/s1. The van der Waals surface area contributed by atoms with E-state index < -0.39 is 32.8 Å². The van der Waals surface area contributed by atoms with Crippen LogP contribution in [0.15, 0.2) is 4.79 Å². The van der Waals surface area contributed by atoms with E-state index in [9.17, 15) is 14.9 Å². The Morgan fingerprint density at radius 2 is 1.59 bits per heavy atom. The van der Waals surface area contributed by atoms with Crippen LogP contribution in [-0.4, -0.2) is 50.8 Å². The Labute approximate surface area is 204 Å². The second-order valence-electron chi connectivity index (χ2n) is 12.5. The molecule has 0 saturated heterocycles. The number of hydrogen-bond acceptors (Lipinski definition) is 8. The number of anilines is 2. The van der Waals surface area contributed by atoms with Crippen LogP contribution in [0.3, 0.4) is 0 Å². The molecule has 1 heterocycles. The number of aromatic nitrogens is 2. The maximum Gasteiger partial charge on any atom is 0.375 e. The van der Waals surface area contributed by atoms with Crippen LogP contribution in [0.2, 0.25) is 36.3 Å². The van der Waals surface area contributed by atoms with Crippen molar-refractivity contribution in [2.45, 2.75) is 90.3 Å². The molecule has 1 saturated carbocycles. The van der Waals surface area contributed by atoms with Crippen molar-refractivity contribution in [1.29, 1.82) is 0 Å². The molecule has 3 atom stereocenters. The topological polar surface area (TPSA) is 145 Å². The summed E-state index contributed by atoms with van der Waals surface area (Å²) in [5, 5.41) is 14.8. The van der Waals surface area contributed by atoms with Crippen LogP contribution in [0.25, 0.3) is 0 Å². The smallest absolute Gasteiger partial charge is 0.375 e. The van der Waals surface area contributed by atoms with Gasteiger partial charge in [-0.1, -0.05) is 41.5 Å². The predicted octanol–water partition coefficient (Wildman–Crippen LogP) is 4.72. The van der Waals surface area contributed by atoms with Gasteiger partial charge in [0.2, 0.25) is 11.8 Å². The number of nitrogen functional groups attached to an aromatic ring is 1. The summed E-state index contributed by atoms with van der Waals surface area (Å²) >= 11 is 0. The van der Waals surface area contributed by atoms with Crippen molar-refractivity contribution >= 4 is 34.1 Å². The van der Waals surface area contributed by atoms with E-state index in [1.165, 1.54) is 0 Å². The number of hydrogen-bond donors (Lipinski definition) is 3. The molecule has 0 amide bonds. The van der Waals surface area contributed by atoms with Crippen molar-refractivity contribution in [2.75, 3.05) is 24.3 Å². The molecule has 1 aliphatic rings. The molecule has 1 aromatic rings. The normalized spacial score (nSPS) is 21.8. The summed E-state index contributed by atoms with van der Waals surface area (Å²) in [6, 6.07) is -0.134. The minimum absolute atomic E-state index is 0.0638. The summed E-state index contributed by atoms with van der Waals surface area (Å²) in [6.07, 6.45) is 0.742. The van der Waals surface area contributed by atoms with E-state index in [4.69, 9.17) is 14.6 Å². The minimum Gasteiger partial charge on any atom is -0.417 e. The molecule has 194 valence electrons. The molecule has 4 N–H and O–H groups in total. The summed E-state index contributed by atoms with van der Waals surface area (Å²) in [4.78, 5) is 29.1. The van der Waals surface area contributed by atoms with Crippen molar-refractivity contribution in [3.05, 3.63) is 20.5 Å². The van der Waals surface area contributed by atoms with E-state index in [0.717, 1.165) is 6.42 Å². The Balaban J connectivity index is 2.25. The molecule has 0 bridgehead atoms. The zero-order chi connectivity index (χ0) is 26.3. The minimum atomic E-state index is -2.00. The fourth-order valence-electron chi connectivity index (χ4n) is 3.40. The third-order valence-electron chi connectivity index (χ3n) is 8.00. The summed E-state index contributed by atoms with van der Waals surface area (Å²) in [6.45, 7) is 23.2. The molecule has 2 rings (SSSR count). The molecular formula is C22H43N5O5Si2. The Hall–Kier alpha value is -1.77. The van der Waals surface area contributed by atoms with Crippen LogP contribution < -0.4 is 16.6 Å². The van der Waals surface area contributed by atoms with Crippen LogP contribution in [-0.2, 0) is 8.85 Å². The number of rotatable bonds is 9. The number of nitro groups is 1. The molecule has 1 aliphatic carbocycles. The molecule has 0 spiro atoms.